The number of carbonyl (C=O) groups excluding carboxylic acids is 1. The van der Waals surface area contributed by atoms with E-state index in [0.29, 0.717) is 25.7 Å². The van der Waals surface area contributed by atoms with E-state index >= 15 is 0 Å². The molecular weight excluding hydrogens is 308 g/mol. The van der Waals surface area contributed by atoms with Gasteiger partial charge in [0.1, 0.15) is 0 Å². The Labute approximate surface area is 140 Å². The highest BCUT2D eigenvalue weighted by molar-refractivity contribution is 5.89. The number of ketones is 1. The predicted molar refractivity (Wildman–Crippen MR) is 90.3 cm³/mol. The summed E-state index contributed by atoms with van der Waals surface area (Å²) in [6.07, 6.45) is 5.42. The molecule has 0 atom stereocenters. The van der Waals surface area contributed by atoms with E-state index in [2.05, 4.69) is 0 Å². The summed E-state index contributed by atoms with van der Waals surface area (Å²) in [5.41, 5.74) is 1.66. The quantitative estimate of drug-likeness (QED) is 0.462. The average molecular weight is 328 g/mol. The molecule has 0 amide bonds. The monoisotopic (exact) mass is 328 g/mol. The largest absolute Gasteiger partial charge is 0.504 e. The van der Waals surface area contributed by atoms with E-state index in [0.717, 1.165) is 11.1 Å². The maximum absolute atomic E-state index is 11.8. The zero-order valence-corrected chi connectivity index (χ0v) is 13.1. The van der Waals surface area contributed by atoms with Crippen molar-refractivity contribution in [1.82, 2.24) is 0 Å². The number of phenols is 4. The van der Waals surface area contributed by atoms with Gasteiger partial charge in [0.2, 0.25) is 0 Å². The number of rotatable bonds is 7. The van der Waals surface area contributed by atoms with Crippen LogP contribution in [0.25, 0.3) is 0 Å². The number of phenolic OH excluding ortho intramolecular Hbond substituents is 4. The van der Waals surface area contributed by atoms with E-state index in [4.69, 9.17) is 0 Å². The molecule has 4 N–H and O–H groups in total. The molecule has 0 aliphatic heterocycles. The van der Waals surface area contributed by atoms with Gasteiger partial charge in [-0.15, -0.1) is 0 Å². The fourth-order valence-electron chi connectivity index (χ4n) is 2.26. The second kappa shape index (κ2) is 8.06. The van der Waals surface area contributed by atoms with Gasteiger partial charge < -0.3 is 20.4 Å². The maximum atomic E-state index is 11.8. The third kappa shape index (κ3) is 5.05. The molecule has 2 aromatic rings. The molecule has 0 saturated carbocycles. The Kier molecular flexibility index (Phi) is 5.84. The lowest BCUT2D eigenvalue weighted by molar-refractivity contribution is -0.114. The number of aromatic hydroxyl groups is 4. The minimum absolute atomic E-state index is 0.0175. The molecule has 126 valence electrons. The van der Waals surface area contributed by atoms with Crippen LogP contribution in [0.2, 0.25) is 0 Å². The highest BCUT2D eigenvalue weighted by Gasteiger charge is 2.03. The minimum Gasteiger partial charge on any atom is -0.504 e. The molecule has 0 spiro atoms. The maximum Gasteiger partial charge on any atom is 0.157 e. The first-order chi connectivity index (χ1) is 11.5. The molecular formula is C19H20O5. The van der Waals surface area contributed by atoms with Crippen LogP contribution in [-0.2, 0) is 17.6 Å². The standard InChI is InChI=1S/C19H20O5/c20-15(8-5-14-7-10-17(22)19(24)12-14)4-2-1-3-13-6-9-16(21)18(23)11-13/h2,4,6-7,9-12,21-24H,1,3,5,8H2/b4-2+. The summed E-state index contributed by atoms with van der Waals surface area (Å²) in [5, 5.41) is 37.3. The number of hydrogen-bond donors (Lipinski definition) is 4. The Hall–Kier alpha value is -2.95. The van der Waals surface area contributed by atoms with Gasteiger partial charge in [-0.1, -0.05) is 18.2 Å². The first kappa shape index (κ1) is 17.4. The van der Waals surface area contributed by atoms with Crippen LogP contribution in [-0.4, -0.2) is 26.2 Å². The number of allylic oxidation sites excluding steroid dienone is 2. The number of carbonyl (C=O) groups is 1. The molecule has 5 heteroatoms. The van der Waals surface area contributed by atoms with Crippen molar-refractivity contribution < 1.29 is 25.2 Å². The summed E-state index contributed by atoms with van der Waals surface area (Å²) in [4.78, 5) is 11.8. The van der Waals surface area contributed by atoms with Crippen LogP contribution in [0, 0.1) is 0 Å². The van der Waals surface area contributed by atoms with E-state index < -0.39 is 0 Å². The summed E-state index contributed by atoms with van der Waals surface area (Å²) in [6.45, 7) is 0. The minimum atomic E-state index is -0.187. The van der Waals surface area contributed by atoms with Crippen LogP contribution < -0.4 is 0 Å². The third-order valence-electron chi connectivity index (χ3n) is 3.64. The smallest absolute Gasteiger partial charge is 0.157 e. The Morgan fingerprint density at radius 2 is 1.33 bits per heavy atom. The van der Waals surface area contributed by atoms with Crippen molar-refractivity contribution in [3.63, 3.8) is 0 Å². The number of benzene rings is 2. The Morgan fingerprint density at radius 1 is 0.792 bits per heavy atom. The average Bonchev–Trinajstić information content (AvgIpc) is 2.56. The van der Waals surface area contributed by atoms with Crippen molar-refractivity contribution in [3.05, 3.63) is 59.7 Å². The molecule has 0 aliphatic rings. The lowest BCUT2D eigenvalue weighted by Crippen LogP contribution is -1.96. The number of hydrogen-bond acceptors (Lipinski definition) is 5. The van der Waals surface area contributed by atoms with Crippen molar-refractivity contribution >= 4 is 5.78 Å². The van der Waals surface area contributed by atoms with E-state index in [1.807, 2.05) is 0 Å². The summed E-state index contributed by atoms with van der Waals surface area (Å²) >= 11 is 0. The van der Waals surface area contributed by atoms with Crippen molar-refractivity contribution in [2.24, 2.45) is 0 Å². The Balaban J connectivity index is 1.76. The molecule has 2 aromatic carbocycles. The van der Waals surface area contributed by atoms with Crippen LogP contribution in [0.5, 0.6) is 23.0 Å². The fourth-order valence-corrected chi connectivity index (χ4v) is 2.26. The van der Waals surface area contributed by atoms with Crippen molar-refractivity contribution in [1.29, 1.82) is 0 Å². The molecule has 0 radical (unpaired) electrons. The summed E-state index contributed by atoms with van der Waals surface area (Å²) < 4.78 is 0. The van der Waals surface area contributed by atoms with Crippen LogP contribution in [0.4, 0.5) is 0 Å². The Morgan fingerprint density at radius 3 is 1.88 bits per heavy atom. The van der Waals surface area contributed by atoms with Gasteiger partial charge in [-0.3, -0.25) is 4.79 Å². The molecule has 0 saturated heterocycles. The molecule has 2 rings (SSSR count). The van der Waals surface area contributed by atoms with E-state index in [-0.39, 0.29) is 28.8 Å². The van der Waals surface area contributed by atoms with Crippen LogP contribution in [0.3, 0.4) is 0 Å². The van der Waals surface area contributed by atoms with Crippen molar-refractivity contribution in [3.8, 4) is 23.0 Å². The van der Waals surface area contributed by atoms with Gasteiger partial charge in [0.05, 0.1) is 0 Å². The number of aryl methyl sites for hydroxylation is 2. The third-order valence-corrected chi connectivity index (χ3v) is 3.64. The summed E-state index contributed by atoms with van der Waals surface area (Å²) in [5.74, 6) is -0.677. The second-order valence-electron chi connectivity index (χ2n) is 5.55. The van der Waals surface area contributed by atoms with Crippen LogP contribution in [0.15, 0.2) is 48.6 Å². The second-order valence-corrected chi connectivity index (χ2v) is 5.55. The van der Waals surface area contributed by atoms with Gasteiger partial charge >= 0.3 is 0 Å². The molecule has 0 aliphatic carbocycles. The van der Waals surface area contributed by atoms with Gasteiger partial charge in [-0.25, -0.2) is 0 Å². The van der Waals surface area contributed by atoms with Gasteiger partial charge in [-0.05, 0) is 60.7 Å². The molecule has 24 heavy (non-hydrogen) atoms. The molecule has 0 heterocycles. The van der Waals surface area contributed by atoms with Gasteiger partial charge in [-0.2, -0.15) is 0 Å². The van der Waals surface area contributed by atoms with E-state index in [1.54, 1.807) is 18.2 Å². The molecule has 0 unspecified atom stereocenters. The fraction of sp³-hybridized carbons (Fsp3) is 0.211. The molecule has 0 fully saturated rings. The first-order valence-electron chi connectivity index (χ1n) is 7.67. The van der Waals surface area contributed by atoms with Crippen LogP contribution in [0.1, 0.15) is 24.0 Å². The SMILES string of the molecule is O=C(/C=C/CCc1ccc(O)c(O)c1)CCc1ccc(O)c(O)c1. The topological polar surface area (TPSA) is 98.0 Å². The van der Waals surface area contributed by atoms with Gasteiger partial charge in [0.25, 0.3) is 0 Å². The first-order valence-corrected chi connectivity index (χ1v) is 7.67. The molecule has 0 aromatic heterocycles. The lowest BCUT2D eigenvalue weighted by atomic mass is 10.1. The molecule has 5 nitrogen and oxygen atoms in total. The zero-order chi connectivity index (χ0) is 17.5. The van der Waals surface area contributed by atoms with E-state index in [9.17, 15) is 25.2 Å². The van der Waals surface area contributed by atoms with Crippen molar-refractivity contribution in [2.75, 3.05) is 0 Å². The van der Waals surface area contributed by atoms with Crippen LogP contribution >= 0.6 is 0 Å². The van der Waals surface area contributed by atoms with E-state index in [1.165, 1.54) is 30.3 Å². The molecule has 0 bridgehead atoms. The lowest BCUT2D eigenvalue weighted by Gasteiger charge is -2.02. The highest BCUT2D eigenvalue weighted by atomic mass is 16.3. The zero-order valence-electron chi connectivity index (χ0n) is 13.1. The van der Waals surface area contributed by atoms with Gasteiger partial charge in [0.15, 0.2) is 28.8 Å². The Bertz CT molecular complexity index is 749. The highest BCUT2D eigenvalue weighted by Crippen LogP contribution is 2.26. The predicted octanol–water partition coefficient (Wildman–Crippen LogP) is 3.20. The van der Waals surface area contributed by atoms with Gasteiger partial charge in [0, 0.05) is 6.42 Å². The summed E-state index contributed by atoms with van der Waals surface area (Å²) in [7, 11) is 0. The van der Waals surface area contributed by atoms with Crippen molar-refractivity contribution in [2.45, 2.75) is 25.7 Å². The summed E-state index contributed by atoms with van der Waals surface area (Å²) in [6, 6.07) is 9.18. The normalized spacial score (nSPS) is 11.0.